The molecule has 0 aromatic heterocycles. The van der Waals surface area contributed by atoms with Gasteiger partial charge in [0, 0.05) is 5.57 Å². The third-order valence-corrected chi connectivity index (χ3v) is 2.51. The fourth-order valence-electron chi connectivity index (χ4n) is 1.66. The van der Waals surface area contributed by atoms with Crippen molar-refractivity contribution in [2.24, 2.45) is 5.92 Å². The van der Waals surface area contributed by atoms with Gasteiger partial charge in [-0.05, 0) is 30.4 Å². The summed E-state index contributed by atoms with van der Waals surface area (Å²) in [6, 6.07) is 9.73. The second kappa shape index (κ2) is 5.50. The van der Waals surface area contributed by atoms with Crippen LogP contribution in [-0.2, 0) is 4.79 Å². The quantitative estimate of drug-likeness (QED) is 0.784. The number of carboxylic acid groups (broad SMARTS) is 1. The molecule has 0 saturated heterocycles. The number of allylic oxidation sites excluding steroid dienone is 1. The Balaban J connectivity index is 3.16. The fraction of sp³-hybridized carbons (Fsp3) is 0.357. The first-order valence-electron chi connectivity index (χ1n) is 5.50. The number of rotatable bonds is 4. The zero-order chi connectivity index (χ0) is 12.1. The fourth-order valence-corrected chi connectivity index (χ4v) is 1.66. The van der Waals surface area contributed by atoms with Crippen LogP contribution in [0.25, 0.3) is 5.57 Å². The van der Waals surface area contributed by atoms with E-state index in [0.29, 0.717) is 11.5 Å². The van der Waals surface area contributed by atoms with Crippen LogP contribution in [0, 0.1) is 5.92 Å². The Morgan fingerprint density at radius 2 is 1.81 bits per heavy atom. The van der Waals surface area contributed by atoms with Gasteiger partial charge < -0.3 is 5.11 Å². The predicted octanol–water partition coefficient (Wildman–Crippen LogP) is 3.59. The second-order valence-electron chi connectivity index (χ2n) is 4.37. The number of benzene rings is 1. The first kappa shape index (κ1) is 12.5. The van der Waals surface area contributed by atoms with Crippen molar-refractivity contribution in [3.05, 3.63) is 41.5 Å². The molecule has 2 nitrogen and oxygen atoms in total. The topological polar surface area (TPSA) is 37.3 Å². The van der Waals surface area contributed by atoms with Gasteiger partial charge in [-0.2, -0.15) is 0 Å². The van der Waals surface area contributed by atoms with E-state index in [1.807, 2.05) is 30.3 Å². The van der Waals surface area contributed by atoms with E-state index in [-0.39, 0.29) is 0 Å². The Morgan fingerprint density at radius 3 is 2.25 bits per heavy atom. The third kappa shape index (κ3) is 3.23. The van der Waals surface area contributed by atoms with E-state index in [9.17, 15) is 4.79 Å². The second-order valence-corrected chi connectivity index (χ2v) is 4.37. The molecule has 0 fully saturated rings. The minimum atomic E-state index is -0.834. The molecule has 0 heterocycles. The summed E-state index contributed by atoms with van der Waals surface area (Å²) in [4.78, 5) is 11.0. The van der Waals surface area contributed by atoms with Gasteiger partial charge in [-0.3, -0.25) is 0 Å². The molecule has 0 aliphatic carbocycles. The molecule has 2 heteroatoms. The van der Waals surface area contributed by atoms with Gasteiger partial charge in [0.1, 0.15) is 0 Å². The van der Waals surface area contributed by atoms with Crippen LogP contribution >= 0.6 is 0 Å². The molecule has 0 aliphatic rings. The summed E-state index contributed by atoms with van der Waals surface area (Å²) in [7, 11) is 0. The van der Waals surface area contributed by atoms with Crippen LogP contribution in [0.15, 0.2) is 35.9 Å². The Kier molecular flexibility index (Phi) is 4.29. The zero-order valence-electron chi connectivity index (χ0n) is 10.0. The van der Waals surface area contributed by atoms with E-state index >= 15 is 0 Å². The Labute approximate surface area is 96.6 Å². The van der Waals surface area contributed by atoms with Gasteiger partial charge in [0.15, 0.2) is 0 Å². The summed E-state index contributed by atoms with van der Waals surface area (Å²) in [6.07, 6.45) is 0.794. The normalized spacial score (nSPS) is 12.5. The minimum absolute atomic E-state index is 0.444. The lowest BCUT2D eigenvalue weighted by Crippen LogP contribution is -2.03. The summed E-state index contributed by atoms with van der Waals surface area (Å²) in [5.74, 6) is -0.385. The van der Waals surface area contributed by atoms with E-state index in [2.05, 4.69) is 13.8 Å². The van der Waals surface area contributed by atoms with E-state index < -0.39 is 5.97 Å². The highest BCUT2D eigenvalue weighted by molar-refractivity contribution is 5.95. The van der Waals surface area contributed by atoms with Gasteiger partial charge in [-0.1, -0.05) is 44.2 Å². The van der Waals surface area contributed by atoms with Crippen LogP contribution in [0.5, 0.6) is 0 Å². The van der Waals surface area contributed by atoms with Crippen molar-refractivity contribution in [2.45, 2.75) is 27.2 Å². The molecule has 16 heavy (non-hydrogen) atoms. The number of carboxylic acids is 1. The molecule has 0 spiro atoms. The lowest BCUT2D eigenvalue weighted by atomic mass is 9.92. The smallest absolute Gasteiger partial charge is 0.331 e. The van der Waals surface area contributed by atoms with E-state index in [4.69, 9.17) is 5.11 Å². The molecule has 0 saturated carbocycles. The number of carbonyl (C=O) groups is 1. The van der Waals surface area contributed by atoms with Gasteiger partial charge in [-0.15, -0.1) is 0 Å². The van der Waals surface area contributed by atoms with Crippen molar-refractivity contribution in [1.82, 2.24) is 0 Å². The Hall–Kier alpha value is -1.57. The van der Waals surface area contributed by atoms with Gasteiger partial charge in [-0.25, -0.2) is 4.79 Å². The van der Waals surface area contributed by atoms with E-state index in [0.717, 1.165) is 17.6 Å². The average molecular weight is 218 g/mol. The summed E-state index contributed by atoms with van der Waals surface area (Å²) >= 11 is 0. The van der Waals surface area contributed by atoms with Crippen LogP contribution in [0.2, 0.25) is 0 Å². The van der Waals surface area contributed by atoms with Crippen molar-refractivity contribution in [2.75, 3.05) is 0 Å². The molecular weight excluding hydrogens is 200 g/mol. The van der Waals surface area contributed by atoms with Crippen LogP contribution in [0.4, 0.5) is 0 Å². The van der Waals surface area contributed by atoms with Crippen molar-refractivity contribution in [3.63, 3.8) is 0 Å². The third-order valence-electron chi connectivity index (χ3n) is 2.51. The molecule has 1 rings (SSSR count). The van der Waals surface area contributed by atoms with Gasteiger partial charge in [0.2, 0.25) is 0 Å². The summed E-state index contributed by atoms with van der Waals surface area (Å²) in [5, 5.41) is 9.07. The molecule has 0 aliphatic heterocycles. The summed E-state index contributed by atoms with van der Waals surface area (Å²) in [6.45, 7) is 5.86. The lowest BCUT2D eigenvalue weighted by molar-refractivity contribution is -0.132. The molecular formula is C14H18O2. The predicted molar refractivity (Wildman–Crippen MR) is 66.1 cm³/mol. The van der Waals surface area contributed by atoms with Crippen LogP contribution in [0.3, 0.4) is 0 Å². The van der Waals surface area contributed by atoms with Crippen molar-refractivity contribution in [1.29, 1.82) is 0 Å². The Morgan fingerprint density at radius 1 is 1.25 bits per heavy atom. The highest BCUT2D eigenvalue weighted by Crippen LogP contribution is 2.25. The highest BCUT2D eigenvalue weighted by atomic mass is 16.4. The lowest BCUT2D eigenvalue weighted by Gasteiger charge is -2.12. The molecule has 86 valence electrons. The molecule has 0 amide bonds. The van der Waals surface area contributed by atoms with Crippen LogP contribution < -0.4 is 0 Å². The molecule has 0 radical (unpaired) electrons. The van der Waals surface area contributed by atoms with E-state index in [1.165, 1.54) is 0 Å². The van der Waals surface area contributed by atoms with Crippen LogP contribution in [-0.4, -0.2) is 11.1 Å². The first-order valence-corrected chi connectivity index (χ1v) is 5.50. The number of aliphatic carboxylic acids is 1. The maximum Gasteiger partial charge on any atom is 0.331 e. The first-order chi connectivity index (χ1) is 7.52. The average Bonchev–Trinajstić information content (AvgIpc) is 2.26. The largest absolute Gasteiger partial charge is 0.478 e. The van der Waals surface area contributed by atoms with E-state index in [1.54, 1.807) is 6.92 Å². The summed E-state index contributed by atoms with van der Waals surface area (Å²) in [5.41, 5.74) is 2.39. The van der Waals surface area contributed by atoms with Gasteiger partial charge in [0.05, 0.1) is 0 Å². The maximum absolute atomic E-state index is 11.0. The zero-order valence-corrected chi connectivity index (χ0v) is 10.0. The summed E-state index contributed by atoms with van der Waals surface area (Å²) < 4.78 is 0. The molecule has 1 aromatic carbocycles. The van der Waals surface area contributed by atoms with Crippen LogP contribution in [0.1, 0.15) is 32.8 Å². The molecule has 1 N–H and O–H groups in total. The maximum atomic E-state index is 11.0. The molecule has 1 aromatic rings. The highest BCUT2D eigenvalue weighted by Gasteiger charge is 2.12. The SMILES string of the molecule is CC(C(=O)O)=C(CC(C)C)c1ccccc1. The molecule has 0 unspecified atom stereocenters. The standard InChI is InChI=1S/C14H18O2/c1-10(2)9-13(11(3)14(15)16)12-7-5-4-6-8-12/h4-8,10H,9H2,1-3H3,(H,15,16). The molecule has 0 bridgehead atoms. The van der Waals surface area contributed by atoms with Gasteiger partial charge >= 0.3 is 5.97 Å². The Bertz CT molecular complexity index is 388. The van der Waals surface area contributed by atoms with Gasteiger partial charge in [0.25, 0.3) is 0 Å². The van der Waals surface area contributed by atoms with Crippen molar-refractivity contribution in [3.8, 4) is 0 Å². The monoisotopic (exact) mass is 218 g/mol. The van der Waals surface area contributed by atoms with Crippen molar-refractivity contribution >= 4 is 11.5 Å². The minimum Gasteiger partial charge on any atom is -0.478 e. The van der Waals surface area contributed by atoms with Crippen molar-refractivity contribution < 1.29 is 9.90 Å². The number of hydrogen-bond acceptors (Lipinski definition) is 1. The molecule has 0 atom stereocenters. The number of hydrogen-bond donors (Lipinski definition) is 1.